The topological polar surface area (TPSA) is 35.6 Å². The summed E-state index contributed by atoms with van der Waals surface area (Å²) in [4.78, 5) is 16.5. The predicted molar refractivity (Wildman–Crippen MR) is 113 cm³/mol. The number of hydrogen-bond acceptors (Lipinski definition) is 3. The first-order chi connectivity index (χ1) is 14.1. The molecule has 0 atom stereocenters. The Balaban J connectivity index is 1.50. The van der Waals surface area contributed by atoms with E-state index in [4.69, 9.17) is 34.8 Å². The molecule has 1 heterocycles. The highest BCUT2D eigenvalue weighted by Gasteiger charge is 2.31. The molecule has 2 aromatic rings. The standard InChI is InChI=1S/C20H19Cl3F3N3O/c21-15-3-1-13(9-17(15)23)11-28-5-7-29(8-6-28)12-19(30)27-18-10-14(20(24,25)26)2-4-16(18)22/h1-4,9-10H,5-8,11-12H2,(H,27,30). The van der Waals surface area contributed by atoms with Crippen LogP contribution in [0.25, 0.3) is 0 Å². The third-order valence-corrected chi connectivity index (χ3v) is 5.86. The van der Waals surface area contributed by atoms with Gasteiger partial charge in [-0.15, -0.1) is 0 Å². The van der Waals surface area contributed by atoms with Crippen molar-refractivity contribution >= 4 is 46.4 Å². The van der Waals surface area contributed by atoms with Crippen LogP contribution in [0.1, 0.15) is 11.1 Å². The Morgan fingerprint density at radius 1 is 0.900 bits per heavy atom. The molecule has 0 unspecified atom stereocenters. The van der Waals surface area contributed by atoms with Crippen molar-refractivity contribution in [2.45, 2.75) is 12.7 Å². The molecule has 1 fully saturated rings. The fourth-order valence-corrected chi connectivity index (χ4v) is 3.68. The van der Waals surface area contributed by atoms with E-state index in [1.807, 2.05) is 17.0 Å². The number of benzene rings is 2. The SMILES string of the molecule is O=C(CN1CCN(Cc2ccc(Cl)c(Cl)c2)CC1)Nc1cc(C(F)(F)F)ccc1Cl. The van der Waals surface area contributed by atoms with Crippen molar-refractivity contribution < 1.29 is 18.0 Å². The van der Waals surface area contributed by atoms with E-state index < -0.39 is 17.6 Å². The van der Waals surface area contributed by atoms with E-state index in [1.54, 1.807) is 6.07 Å². The molecule has 1 aliphatic heterocycles. The molecule has 0 aliphatic carbocycles. The first-order valence-corrected chi connectivity index (χ1v) is 10.3. The van der Waals surface area contributed by atoms with Gasteiger partial charge in [-0.25, -0.2) is 0 Å². The molecular weight excluding hydrogens is 462 g/mol. The van der Waals surface area contributed by atoms with Gasteiger partial charge in [-0.05, 0) is 35.9 Å². The van der Waals surface area contributed by atoms with Gasteiger partial charge in [0, 0.05) is 32.7 Å². The molecule has 1 aliphatic rings. The minimum atomic E-state index is -4.51. The number of hydrogen-bond donors (Lipinski definition) is 1. The summed E-state index contributed by atoms with van der Waals surface area (Å²) >= 11 is 17.9. The van der Waals surface area contributed by atoms with Crippen molar-refractivity contribution in [3.8, 4) is 0 Å². The lowest BCUT2D eigenvalue weighted by Crippen LogP contribution is -2.48. The highest BCUT2D eigenvalue weighted by atomic mass is 35.5. The van der Waals surface area contributed by atoms with Gasteiger partial charge >= 0.3 is 6.18 Å². The summed E-state index contributed by atoms with van der Waals surface area (Å²) in [5.41, 5.74) is 0.141. The third kappa shape index (κ3) is 6.25. The average molecular weight is 481 g/mol. The minimum absolute atomic E-state index is 0.0465. The second-order valence-electron chi connectivity index (χ2n) is 7.04. The van der Waals surface area contributed by atoms with Gasteiger partial charge in [0.15, 0.2) is 0 Å². The van der Waals surface area contributed by atoms with Crippen molar-refractivity contribution in [1.82, 2.24) is 9.80 Å². The second-order valence-corrected chi connectivity index (χ2v) is 8.26. The fourth-order valence-electron chi connectivity index (χ4n) is 3.19. The van der Waals surface area contributed by atoms with Gasteiger partial charge < -0.3 is 5.32 Å². The molecule has 1 N–H and O–H groups in total. The molecule has 10 heteroatoms. The first-order valence-electron chi connectivity index (χ1n) is 9.17. The Hall–Kier alpha value is -1.51. The molecule has 1 amide bonds. The number of rotatable bonds is 5. The van der Waals surface area contributed by atoms with Crippen LogP contribution >= 0.6 is 34.8 Å². The molecule has 30 heavy (non-hydrogen) atoms. The molecule has 0 aromatic heterocycles. The molecule has 2 aromatic carbocycles. The number of halogens is 6. The largest absolute Gasteiger partial charge is 0.416 e. The van der Waals surface area contributed by atoms with E-state index in [0.29, 0.717) is 23.1 Å². The van der Waals surface area contributed by atoms with Crippen molar-refractivity contribution in [2.75, 3.05) is 38.0 Å². The minimum Gasteiger partial charge on any atom is -0.324 e. The Morgan fingerprint density at radius 3 is 2.17 bits per heavy atom. The van der Waals surface area contributed by atoms with Gasteiger partial charge in [0.05, 0.1) is 32.9 Å². The van der Waals surface area contributed by atoms with Gasteiger partial charge in [-0.3, -0.25) is 14.6 Å². The number of carbonyl (C=O) groups is 1. The highest BCUT2D eigenvalue weighted by molar-refractivity contribution is 6.42. The lowest BCUT2D eigenvalue weighted by atomic mass is 10.2. The maximum atomic E-state index is 12.9. The van der Waals surface area contributed by atoms with Crippen molar-refractivity contribution in [3.05, 3.63) is 62.6 Å². The van der Waals surface area contributed by atoms with Crippen LogP contribution in [-0.4, -0.2) is 48.4 Å². The highest BCUT2D eigenvalue weighted by Crippen LogP contribution is 2.33. The van der Waals surface area contributed by atoms with E-state index in [9.17, 15) is 18.0 Å². The number of amides is 1. The molecular formula is C20H19Cl3F3N3O. The Labute approximate surface area is 187 Å². The summed E-state index contributed by atoms with van der Waals surface area (Å²) in [6.07, 6.45) is -4.51. The molecule has 0 saturated carbocycles. The normalized spacial score (nSPS) is 15.9. The van der Waals surface area contributed by atoms with Crippen molar-refractivity contribution in [1.29, 1.82) is 0 Å². The number of anilines is 1. The molecule has 3 rings (SSSR count). The zero-order chi connectivity index (χ0) is 21.9. The number of alkyl halides is 3. The van der Waals surface area contributed by atoms with E-state index in [-0.39, 0.29) is 17.3 Å². The van der Waals surface area contributed by atoms with Crippen LogP contribution < -0.4 is 5.32 Å². The fraction of sp³-hybridized carbons (Fsp3) is 0.350. The van der Waals surface area contributed by atoms with Crippen LogP contribution in [0.3, 0.4) is 0 Å². The summed E-state index contributed by atoms with van der Waals surface area (Å²) in [7, 11) is 0. The number of nitrogens with zero attached hydrogens (tertiary/aromatic N) is 2. The smallest absolute Gasteiger partial charge is 0.324 e. The summed E-state index contributed by atoms with van der Waals surface area (Å²) in [6.45, 7) is 3.61. The summed E-state index contributed by atoms with van der Waals surface area (Å²) < 4.78 is 38.6. The van der Waals surface area contributed by atoms with Gasteiger partial charge in [0.25, 0.3) is 0 Å². The Bertz CT molecular complexity index is 916. The van der Waals surface area contributed by atoms with Crippen molar-refractivity contribution in [2.24, 2.45) is 0 Å². The summed E-state index contributed by atoms with van der Waals surface area (Å²) in [6, 6.07) is 8.37. The maximum Gasteiger partial charge on any atom is 0.416 e. The average Bonchev–Trinajstić information content (AvgIpc) is 2.67. The van der Waals surface area contributed by atoms with Crippen LogP contribution in [0.2, 0.25) is 15.1 Å². The van der Waals surface area contributed by atoms with E-state index in [1.165, 1.54) is 0 Å². The molecule has 1 saturated heterocycles. The van der Waals surface area contributed by atoms with Gasteiger partial charge in [0.1, 0.15) is 0 Å². The number of carbonyl (C=O) groups excluding carboxylic acids is 1. The zero-order valence-electron chi connectivity index (χ0n) is 15.8. The van der Waals surface area contributed by atoms with Crippen LogP contribution in [0.4, 0.5) is 18.9 Å². The van der Waals surface area contributed by atoms with E-state index >= 15 is 0 Å². The molecule has 162 valence electrons. The third-order valence-electron chi connectivity index (χ3n) is 4.79. The summed E-state index contributed by atoms with van der Waals surface area (Å²) in [5.74, 6) is -0.408. The number of piperazine rings is 1. The first kappa shape index (κ1) is 23.2. The molecule has 4 nitrogen and oxygen atoms in total. The predicted octanol–water partition coefficient (Wildman–Crippen LogP) is 5.42. The van der Waals surface area contributed by atoms with Crippen molar-refractivity contribution in [3.63, 3.8) is 0 Å². The zero-order valence-corrected chi connectivity index (χ0v) is 18.0. The molecule has 0 spiro atoms. The number of nitrogens with one attached hydrogen (secondary N) is 1. The molecule has 0 bridgehead atoms. The van der Waals surface area contributed by atoms with Gasteiger partial charge in [-0.2, -0.15) is 13.2 Å². The van der Waals surface area contributed by atoms with Crippen LogP contribution in [0.15, 0.2) is 36.4 Å². The van der Waals surface area contributed by atoms with E-state index in [0.717, 1.165) is 43.4 Å². The molecule has 0 radical (unpaired) electrons. The lowest BCUT2D eigenvalue weighted by molar-refractivity contribution is -0.137. The second kappa shape index (κ2) is 9.75. The Morgan fingerprint density at radius 2 is 1.53 bits per heavy atom. The van der Waals surface area contributed by atoms with Crippen LogP contribution in [0, 0.1) is 0 Å². The van der Waals surface area contributed by atoms with Gasteiger partial charge in [0.2, 0.25) is 5.91 Å². The quantitative estimate of drug-likeness (QED) is 0.620. The maximum absolute atomic E-state index is 12.9. The Kier molecular flexibility index (Phi) is 7.52. The van der Waals surface area contributed by atoms with E-state index in [2.05, 4.69) is 10.2 Å². The lowest BCUT2D eigenvalue weighted by Gasteiger charge is -2.34. The monoisotopic (exact) mass is 479 g/mol. The van der Waals surface area contributed by atoms with Gasteiger partial charge in [-0.1, -0.05) is 40.9 Å². The summed E-state index contributed by atoms with van der Waals surface area (Å²) in [5, 5.41) is 3.56. The van der Waals surface area contributed by atoms with Crippen LogP contribution in [-0.2, 0) is 17.5 Å². The van der Waals surface area contributed by atoms with Crippen LogP contribution in [0.5, 0.6) is 0 Å².